The Hall–Kier alpha value is -2.16. The fraction of sp³-hybridized carbons (Fsp3) is 0.200. The Bertz CT molecular complexity index is 564. The van der Waals surface area contributed by atoms with Gasteiger partial charge in [-0.25, -0.2) is 4.98 Å². The standard InChI is InChI=1S/C15H16N2O/c1-11-5-3-7-13(9-11)10-14(18)17-15-12(2)6-4-8-16-15/h3-9H,10H2,1-2H3,(H,16,17,18). The van der Waals surface area contributed by atoms with Crippen LogP contribution < -0.4 is 5.32 Å². The molecule has 0 aliphatic rings. The van der Waals surface area contributed by atoms with Crippen LogP contribution in [0.25, 0.3) is 0 Å². The van der Waals surface area contributed by atoms with E-state index in [1.54, 1.807) is 6.20 Å². The number of nitrogens with zero attached hydrogens (tertiary/aromatic N) is 1. The molecular weight excluding hydrogens is 224 g/mol. The second kappa shape index (κ2) is 5.45. The van der Waals surface area contributed by atoms with Crippen LogP contribution in [0.4, 0.5) is 5.82 Å². The van der Waals surface area contributed by atoms with Gasteiger partial charge in [0.05, 0.1) is 6.42 Å². The van der Waals surface area contributed by atoms with Gasteiger partial charge in [-0.3, -0.25) is 4.79 Å². The van der Waals surface area contributed by atoms with Crippen molar-refractivity contribution in [1.29, 1.82) is 0 Å². The molecular formula is C15H16N2O. The molecule has 1 heterocycles. The number of benzene rings is 1. The molecule has 1 aromatic heterocycles. The molecule has 0 saturated carbocycles. The molecule has 1 aromatic carbocycles. The van der Waals surface area contributed by atoms with Gasteiger partial charge in [-0.15, -0.1) is 0 Å². The van der Waals surface area contributed by atoms with Crippen LogP contribution >= 0.6 is 0 Å². The molecule has 0 unspecified atom stereocenters. The molecule has 18 heavy (non-hydrogen) atoms. The molecule has 0 spiro atoms. The summed E-state index contributed by atoms with van der Waals surface area (Å²) in [7, 11) is 0. The summed E-state index contributed by atoms with van der Waals surface area (Å²) in [6.45, 7) is 3.94. The third kappa shape index (κ3) is 3.17. The molecule has 1 amide bonds. The zero-order valence-corrected chi connectivity index (χ0v) is 10.6. The van der Waals surface area contributed by atoms with E-state index >= 15 is 0 Å². The highest BCUT2D eigenvalue weighted by molar-refractivity contribution is 5.91. The number of carbonyl (C=O) groups is 1. The molecule has 0 saturated heterocycles. The first kappa shape index (κ1) is 12.3. The molecule has 0 radical (unpaired) electrons. The average Bonchev–Trinajstić information content (AvgIpc) is 2.32. The Labute approximate surface area is 107 Å². The monoisotopic (exact) mass is 240 g/mol. The average molecular weight is 240 g/mol. The van der Waals surface area contributed by atoms with Gasteiger partial charge in [0.2, 0.25) is 5.91 Å². The highest BCUT2D eigenvalue weighted by Crippen LogP contribution is 2.10. The van der Waals surface area contributed by atoms with Crippen LogP contribution in [0, 0.1) is 13.8 Å². The van der Waals surface area contributed by atoms with E-state index in [0.717, 1.165) is 16.7 Å². The van der Waals surface area contributed by atoms with Gasteiger partial charge in [0.25, 0.3) is 0 Å². The van der Waals surface area contributed by atoms with Gasteiger partial charge in [-0.05, 0) is 31.0 Å². The minimum Gasteiger partial charge on any atom is -0.310 e. The number of rotatable bonds is 3. The molecule has 2 aromatic rings. The molecule has 0 aliphatic carbocycles. The summed E-state index contributed by atoms with van der Waals surface area (Å²) < 4.78 is 0. The molecule has 2 rings (SSSR count). The van der Waals surface area contributed by atoms with Gasteiger partial charge in [0.15, 0.2) is 0 Å². The Kier molecular flexibility index (Phi) is 3.72. The molecule has 0 fully saturated rings. The first-order valence-electron chi connectivity index (χ1n) is 5.92. The summed E-state index contributed by atoms with van der Waals surface area (Å²) in [5.41, 5.74) is 3.14. The summed E-state index contributed by atoms with van der Waals surface area (Å²) in [6.07, 6.45) is 2.05. The smallest absolute Gasteiger partial charge is 0.229 e. The number of carbonyl (C=O) groups excluding carboxylic acids is 1. The van der Waals surface area contributed by atoms with Crippen molar-refractivity contribution in [3.63, 3.8) is 0 Å². The fourth-order valence-electron chi connectivity index (χ4n) is 1.80. The van der Waals surface area contributed by atoms with E-state index in [1.807, 2.05) is 50.2 Å². The number of aromatic nitrogens is 1. The number of amides is 1. The van der Waals surface area contributed by atoms with E-state index in [1.165, 1.54) is 0 Å². The largest absolute Gasteiger partial charge is 0.310 e. The van der Waals surface area contributed by atoms with E-state index in [2.05, 4.69) is 10.3 Å². The normalized spacial score (nSPS) is 10.1. The van der Waals surface area contributed by atoms with Crippen molar-refractivity contribution in [3.8, 4) is 0 Å². The topological polar surface area (TPSA) is 42.0 Å². The third-order valence-corrected chi connectivity index (χ3v) is 2.71. The van der Waals surface area contributed by atoms with Crippen LogP contribution in [-0.2, 0) is 11.2 Å². The number of hydrogen-bond acceptors (Lipinski definition) is 2. The number of aryl methyl sites for hydroxylation is 2. The maximum absolute atomic E-state index is 11.9. The molecule has 3 nitrogen and oxygen atoms in total. The van der Waals surface area contributed by atoms with Crippen molar-refractivity contribution in [1.82, 2.24) is 4.98 Å². The van der Waals surface area contributed by atoms with Crippen LogP contribution in [0.15, 0.2) is 42.6 Å². The van der Waals surface area contributed by atoms with Crippen molar-refractivity contribution in [3.05, 3.63) is 59.3 Å². The minimum absolute atomic E-state index is 0.0394. The van der Waals surface area contributed by atoms with Crippen molar-refractivity contribution in [2.75, 3.05) is 5.32 Å². The van der Waals surface area contributed by atoms with Crippen molar-refractivity contribution in [2.24, 2.45) is 0 Å². The Morgan fingerprint density at radius 3 is 2.78 bits per heavy atom. The number of anilines is 1. The van der Waals surface area contributed by atoms with Crippen LogP contribution in [0.1, 0.15) is 16.7 Å². The lowest BCUT2D eigenvalue weighted by atomic mass is 10.1. The summed E-state index contributed by atoms with van der Waals surface area (Å²) in [4.78, 5) is 16.0. The van der Waals surface area contributed by atoms with E-state index in [9.17, 15) is 4.79 Å². The second-order valence-electron chi connectivity index (χ2n) is 4.38. The van der Waals surface area contributed by atoms with Gasteiger partial charge < -0.3 is 5.32 Å². The summed E-state index contributed by atoms with van der Waals surface area (Å²) in [5, 5.41) is 2.83. The number of hydrogen-bond donors (Lipinski definition) is 1. The van der Waals surface area contributed by atoms with Crippen LogP contribution in [0.5, 0.6) is 0 Å². The maximum Gasteiger partial charge on any atom is 0.229 e. The minimum atomic E-state index is -0.0394. The first-order chi connectivity index (χ1) is 8.65. The molecule has 1 N–H and O–H groups in total. The second-order valence-corrected chi connectivity index (χ2v) is 4.38. The van der Waals surface area contributed by atoms with Crippen LogP contribution in [0.3, 0.4) is 0 Å². The SMILES string of the molecule is Cc1cccc(CC(=O)Nc2ncccc2C)c1. The van der Waals surface area contributed by atoms with E-state index in [-0.39, 0.29) is 5.91 Å². The van der Waals surface area contributed by atoms with Crippen LogP contribution in [0.2, 0.25) is 0 Å². The zero-order valence-electron chi connectivity index (χ0n) is 10.6. The highest BCUT2D eigenvalue weighted by atomic mass is 16.1. The van der Waals surface area contributed by atoms with Gasteiger partial charge in [0.1, 0.15) is 5.82 Å². The molecule has 3 heteroatoms. The fourth-order valence-corrected chi connectivity index (χ4v) is 1.80. The Balaban J connectivity index is 2.03. The maximum atomic E-state index is 11.9. The number of pyridine rings is 1. The van der Waals surface area contributed by atoms with Crippen molar-refractivity contribution >= 4 is 11.7 Å². The predicted molar refractivity (Wildman–Crippen MR) is 72.5 cm³/mol. The zero-order chi connectivity index (χ0) is 13.0. The highest BCUT2D eigenvalue weighted by Gasteiger charge is 2.06. The van der Waals surface area contributed by atoms with Gasteiger partial charge in [-0.2, -0.15) is 0 Å². The Morgan fingerprint density at radius 1 is 1.22 bits per heavy atom. The molecule has 0 atom stereocenters. The van der Waals surface area contributed by atoms with Crippen LogP contribution in [-0.4, -0.2) is 10.9 Å². The van der Waals surface area contributed by atoms with Gasteiger partial charge in [0, 0.05) is 6.20 Å². The lowest BCUT2D eigenvalue weighted by molar-refractivity contribution is -0.115. The lowest BCUT2D eigenvalue weighted by Gasteiger charge is -2.07. The van der Waals surface area contributed by atoms with Crippen molar-refractivity contribution in [2.45, 2.75) is 20.3 Å². The summed E-state index contributed by atoms with van der Waals surface area (Å²) in [6, 6.07) is 11.7. The first-order valence-corrected chi connectivity index (χ1v) is 5.92. The Morgan fingerprint density at radius 2 is 2.06 bits per heavy atom. The van der Waals surface area contributed by atoms with Crippen molar-refractivity contribution < 1.29 is 4.79 Å². The number of nitrogens with one attached hydrogen (secondary N) is 1. The summed E-state index contributed by atoms with van der Waals surface area (Å²) in [5.74, 6) is 0.595. The van der Waals surface area contributed by atoms with E-state index in [0.29, 0.717) is 12.2 Å². The van der Waals surface area contributed by atoms with E-state index in [4.69, 9.17) is 0 Å². The molecule has 92 valence electrons. The van der Waals surface area contributed by atoms with E-state index < -0.39 is 0 Å². The molecule has 0 bridgehead atoms. The quantitative estimate of drug-likeness (QED) is 0.896. The van der Waals surface area contributed by atoms with Gasteiger partial charge in [-0.1, -0.05) is 35.9 Å². The lowest BCUT2D eigenvalue weighted by Crippen LogP contribution is -2.16. The molecule has 0 aliphatic heterocycles. The predicted octanol–water partition coefficient (Wildman–Crippen LogP) is 2.88. The van der Waals surface area contributed by atoms with Gasteiger partial charge >= 0.3 is 0 Å². The summed E-state index contributed by atoms with van der Waals surface area (Å²) >= 11 is 0. The third-order valence-electron chi connectivity index (χ3n) is 2.71.